The number of nitrogens with one attached hydrogen (secondary N) is 1. The summed E-state index contributed by atoms with van der Waals surface area (Å²) >= 11 is 0. The summed E-state index contributed by atoms with van der Waals surface area (Å²) in [5.74, 6) is -0.663. The van der Waals surface area contributed by atoms with E-state index in [1.54, 1.807) is 42.8 Å². The van der Waals surface area contributed by atoms with E-state index in [2.05, 4.69) is 30.3 Å². The van der Waals surface area contributed by atoms with E-state index in [4.69, 9.17) is 9.26 Å². The van der Waals surface area contributed by atoms with Crippen LogP contribution in [0.3, 0.4) is 0 Å². The zero-order valence-corrected chi connectivity index (χ0v) is 21.9. The Morgan fingerprint density at radius 2 is 1.85 bits per heavy atom. The third kappa shape index (κ3) is 4.32. The van der Waals surface area contributed by atoms with Gasteiger partial charge in [0, 0.05) is 29.3 Å². The molecule has 0 saturated carbocycles. The minimum atomic E-state index is -0.649. The number of ether oxygens (including phenoxy) is 1. The number of anilines is 1. The highest BCUT2D eigenvalue weighted by molar-refractivity contribution is 5.99. The van der Waals surface area contributed by atoms with Gasteiger partial charge in [0.15, 0.2) is 5.82 Å². The minimum absolute atomic E-state index is 0.0113. The van der Waals surface area contributed by atoms with E-state index in [0.717, 1.165) is 44.3 Å². The lowest BCUT2D eigenvalue weighted by Gasteiger charge is -2.31. The highest BCUT2D eigenvalue weighted by atomic mass is 19.1. The van der Waals surface area contributed by atoms with Crippen LogP contribution >= 0.6 is 0 Å². The predicted octanol–water partition coefficient (Wildman–Crippen LogP) is 5.77. The molecule has 40 heavy (non-hydrogen) atoms. The Morgan fingerprint density at radius 3 is 2.65 bits per heavy atom. The van der Waals surface area contributed by atoms with Crippen LogP contribution < -0.4 is 10.1 Å². The van der Waals surface area contributed by atoms with E-state index in [-0.39, 0.29) is 22.8 Å². The van der Waals surface area contributed by atoms with Crippen molar-refractivity contribution in [3.05, 3.63) is 72.3 Å². The van der Waals surface area contributed by atoms with Crippen LogP contribution in [0.25, 0.3) is 32.9 Å². The first-order chi connectivity index (χ1) is 19.6. The van der Waals surface area contributed by atoms with E-state index in [1.807, 2.05) is 0 Å². The van der Waals surface area contributed by atoms with Gasteiger partial charge in [-0.15, -0.1) is 0 Å². The van der Waals surface area contributed by atoms with E-state index in [9.17, 15) is 4.39 Å². The lowest BCUT2D eigenvalue weighted by Crippen LogP contribution is -2.43. The van der Waals surface area contributed by atoms with Gasteiger partial charge >= 0.3 is 6.01 Å². The van der Waals surface area contributed by atoms with Gasteiger partial charge in [-0.3, -0.25) is 9.88 Å². The molecule has 1 N–H and O–H groups in total. The topological polar surface area (TPSA) is 89.2 Å². The number of nitrogens with zero attached hydrogens (tertiary/aromatic N) is 5. The first-order valence-corrected chi connectivity index (χ1v) is 13.7. The molecule has 2 aliphatic rings. The highest BCUT2D eigenvalue weighted by Gasteiger charge is 2.45. The molecular weight excluding hydrogens is 514 g/mol. The predicted molar refractivity (Wildman–Crippen MR) is 147 cm³/mol. The van der Waals surface area contributed by atoms with Crippen molar-refractivity contribution < 1.29 is 18.0 Å². The Kier molecular flexibility index (Phi) is 6.27. The van der Waals surface area contributed by atoms with Crippen LogP contribution in [0, 0.1) is 11.6 Å². The standard InChI is InChI=1S/C30H28F2N6O2/c31-23-8-2-6-20-5-1-7-21(24(20)23)26-25(32)27-22(16-34-26)28(33-12-9-19-15-35-40-17-19)37-29(36-27)39-18-30-10-3-13-38(30)14-4-11-30/h1-2,5-8,15-17H,3-4,9-14,18H2,(H,33,36,37). The molecule has 0 radical (unpaired) electrons. The van der Waals surface area contributed by atoms with Crippen LogP contribution in [0.2, 0.25) is 0 Å². The molecule has 0 aliphatic carbocycles. The van der Waals surface area contributed by atoms with Crippen LogP contribution in [-0.2, 0) is 6.42 Å². The number of hydrogen-bond donors (Lipinski definition) is 1. The third-order valence-corrected chi connectivity index (χ3v) is 8.24. The van der Waals surface area contributed by atoms with E-state index in [1.165, 1.54) is 12.3 Å². The lowest BCUT2D eigenvalue weighted by atomic mass is 9.95. The maximum absolute atomic E-state index is 16.3. The van der Waals surface area contributed by atoms with Crippen LogP contribution in [0.15, 0.2) is 59.6 Å². The largest absolute Gasteiger partial charge is 0.461 e. The summed E-state index contributed by atoms with van der Waals surface area (Å²) in [6.07, 6.45) is 9.82. The monoisotopic (exact) mass is 542 g/mol. The fourth-order valence-electron chi connectivity index (χ4n) is 6.25. The molecule has 0 bridgehead atoms. The zero-order valence-electron chi connectivity index (χ0n) is 21.9. The van der Waals surface area contributed by atoms with E-state index >= 15 is 4.39 Å². The van der Waals surface area contributed by atoms with Crippen molar-refractivity contribution >= 4 is 27.5 Å². The summed E-state index contributed by atoms with van der Waals surface area (Å²) in [5.41, 5.74) is 1.38. The molecule has 5 aromatic rings. The number of aromatic nitrogens is 4. The van der Waals surface area contributed by atoms with Crippen molar-refractivity contribution in [3.8, 4) is 17.3 Å². The second kappa shape index (κ2) is 10.1. The molecule has 0 unspecified atom stereocenters. The SMILES string of the molecule is Fc1c(-c2cccc3cccc(F)c23)ncc2c(NCCc3cnoc3)nc(OCC34CCCN3CCC4)nc12. The number of pyridine rings is 1. The van der Waals surface area contributed by atoms with E-state index < -0.39 is 11.6 Å². The van der Waals surface area contributed by atoms with Crippen molar-refractivity contribution in [1.29, 1.82) is 0 Å². The fourth-order valence-corrected chi connectivity index (χ4v) is 6.25. The Labute approximate surface area is 229 Å². The molecule has 3 aromatic heterocycles. The Balaban J connectivity index is 1.29. The Morgan fingerprint density at radius 1 is 1.02 bits per heavy atom. The molecular formula is C30H28F2N6O2. The van der Waals surface area contributed by atoms with Crippen LogP contribution in [0.4, 0.5) is 14.6 Å². The second-order valence-electron chi connectivity index (χ2n) is 10.6. The first kappa shape index (κ1) is 24.8. The van der Waals surface area contributed by atoms with Gasteiger partial charge in [0.25, 0.3) is 0 Å². The molecule has 2 saturated heterocycles. The number of fused-ring (bicyclic) bond motifs is 3. The van der Waals surface area contributed by atoms with Gasteiger partial charge in [-0.25, -0.2) is 8.78 Å². The third-order valence-electron chi connectivity index (χ3n) is 8.24. The van der Waals surface area contributed by atoms with Crippen molar-refractivity contribution in [2.75, 3.05) is 31.6 Å². The fraction of sp³-hybridized carbons (Fsp3) is 0.333. The highest BCUT2D eigenvalue weighted by Crippen LogP contribution is 2.39. The summed E-state index contributed by atoms with van der Waals surface area (Å²) < 4.78 is 42.3. The number of rotatable bonds is 8. The minimum Gasteiger partial charge on any atom is -0.461 e. The van der Waals surface area contributed by atoms with Gasteiger partial charge in [-0.2, -0.15) is 9.97 Å². The molecule has 8 nitrogen and oxygen atoms in total. The quantitative estimate of drug-likeness (QED) is 0.264. The molecule has 2 aromatic carbocycles. The molecule has 2 aliphatic heterocycles. The van der Waals surface area contributed by atoms with Crippen molar-refractivity contribution in [3.63, 3.8) is 0 Å². The number of halogens is 2. The molecule has 0 amide bonds. The maximum atomic E-state index is 16.3. The van der Waals surface area contributed by atoms with Gasteiger partial charge in [0.2, 0.25) is 0 Å². The summed E-state index contributed by atoms with van der Waals surface area (Å²) in [6.45, 7) is 3.10. The number of benzene rings is 2. The average molecular weight is 543 g/mol. The van der Waals surface area contributed by atoms with Crippen molar-refractivity contribution in [1.82, 2.24) is 25.0 Å². The van der Waals surface area contributed by atoms with Gasteiger partial charge in [-0.1, -0.05) is 35.5 Å². The van der Waals surface area contributed by atoms with Gasteiger partial charge in [0.05, 0.1) is 17.1 Å². The smallest absolute Gasteiger partial charge is 0.319 e. The normalized spacial score (nSPS) is 16.6. The average Bonchev–Trinajstić information content (AvgIpc) is 3.71. The molecule has 5 heterocycles. The van der Waals surface area contributed by atoms with Crippen LogP contribution in [-0.4, -0.2) is 56.8 Å². The Hall–Kier alpha value is -4.18. The van der Waals surface area contributed by atoms with Crippen LogP contribution in [0.5, 0.6) is 6.01 Å². The molecule has 2 fully saturated rings. The lowest BCUT2D eigenvalue weighted by molar-refractivity contribution is 0.108. The summed E-state index contributed by atoms with van der Waals surface area (Å²) in [4.78, 5) is 16.1. The van der Waals surface area contributed by atoms with Gasteiger partial charge in [-0.05, 0) is 56.6 Å². The summed E-state index contributed by atoms with van der Waals surface area (Å²) in [5, 5.41) is 8.42. The molecule has 0 spiro atoms. The zero-order chi connectivity index (χ0) is 27.1. The number of hydrogen-bond acceptors (Lipinski definition) is 8. The van der Waals surface area contributed by atoms with Crippen LogP contribution in [0.1, 0.15) is 31.2 Å². The Bertz CT molecular complexity index is 1680. The second-order valence-corrected chi connectivity index (χ2v) is 10.6. The molecule has 204 valence electrons. The first-order valence-electron chi connectivity index (χ1n) is 13.7. The summed E-state index contributed by atoms with van der Waals surface area (Å²) in [6, 6.07) is 10.1. The van der Waals surface area contributed by atoms with Crippen molar-refractivity contribution in [2.24, 2.45) is 0 Å². The summed E-state index contributed by atoms with van der Waals surface area (Å²) in [7, 11) is 0. The van der Waals surface area contributed by atoms with Gasteiger partial charge in [0.1, 0.15) is 35.7 Å². The van der Waals surface area contributed by atoms with E-state index in [0.29, 0.717) is 47.1 Å². The van der Waals surface area contributed by atoms with Crippen molar-refractivity contribution in [2.45, 2.75) is 37.6 Å². The molecule has 0 atom stereocenters. The molecule has 7 rings (SSSR count). The maximum Gasteiger partial charge on any atom is 0.319 e. The van der Waals surface area contributed by atoms with Gasteiger partial charge < -0.3 is 14.6 Å². The molecule has 10 heteroatoms.